The maximum absolute atomic E-state index is 11.6. The van der Waals surface area contributed by atoms with Crippen LogP contribution in [0.4, 0.5) is 0 Å². The number of sulfonamides is 1. The fraction of sp³-hybridized carbons (Fsp3) is 0.538. The van der Waals surface area contributed by atoms with Crippen molar-refractivity contribution < 1.29 is 17.3 Å². The van der Waals surface area contributed by atoms with Gasteiger partial charge in [-0.3, -0.25) is 4.90 Å². The van der Waals surface area contributed by atoms with E-state index in [0.29, 0.717) is 43.7 Å². The van der Waals surface area contributed by atoms with Crippen LogP contribution in [0.25, 0.3) is 11.7 Å². The third kappa shape index (κ3) is 3.54. The van der Waals surface area contributed by atoms with Crippen molar-refractivity contribution >= 4 is 10.0 Å². The van der Waals surface area contributed by atoms with Crippen molar-refractivity contribution in [2.45, 2.75) is 13.0 Å². The number of aromatic nitrogens is 2. The fourth-order valence-electron chi connectivity index (χ4n) is 2.45. The van der Waals surface area contributed by atoms with Gasteiger partial charge in [-0.15, -0.1) is 10.2 Å². The van der Waals surface area contributed by atoms with Crippen LogP contribution >= 0.6 is 0 Å². The molecule has 0 spiro atoms. The molecule has 2 aromatic rings. The van der Waals surface area contributed by atoms with E-state index in [4.69, 9.17) is 8.83 Å². The highest BCUT2D eigenvalue weighted by Gasteiger charge is 2.22. The van der Waals surface area contributed by atoms with E-state index in [9.17, 15) is 8.42 Å². The third-order valence-electron chi connectivity index (χ3n) is 3.57. The van der Waals surface area contributed by atoms with Crippen molar-refractivity contribution in [3.8, 4) is 11.7 Å². The van der Waals surface area contributed by atoms with E-state index < -0.39 is 10.0 Å². The van der Waals surface area contributed by atoms with Crippen molar-refractivity contribution in [1.82, 2.24) is 19.4 Å². The summed E-state index contributed by atoms with van der Waals surface area (Å²) in [6.07, 6.45) is 3.58. The van der Waals surface area contributed by atoms with Crippen molar-refractivity contribution in [2.24, 2.45) is 0 Å². The molecule has 0 bridgehead atoms. The molecule has 1 saturated heterocycles. The van der Waals surface area contributed by atoms with E-state index >= 15 is 0 Å². The van der Waals surface area contributed by atoms with Gasteiger partial charge in [0.2, 0.25) is 15.9 Å². The number of nitrogens with zero attached hydrogens (tertiary/aromatic N) is 4. The average molecular weight is 326 g/mol. The van der Waals surface area contributed by atoms with E-state index in [2.05, 4.69) is 15.1 Å². The second-order valence-corrected chi connectivity index (χ2v) is 7.25. The van der Waals surface area contributed by atoms with Gasteiger partial charge in [0.25, 0.3) is 5.89 Å². The summed E-state index contributed by atoms with van der Waals surface area (Å²) < 4.78 is 35.5. The van der Waals surface area contributed by atoms with Gasteiger partial charge in [0.15, 0.2) is 5.76 Å². The molecule has 1 fully saturated rings. The fourth-order valence-corrected chi connectivity index (χ4v) is 3.32. The van der Waals surface area contributed by atoms with Crippen LogP contribution in [0.3, 0.4) is 0 Å². The van der Waals surface area contributed by atoms with Gasteiger partial charge in [-0.2, -0.15) is 0 Å². The zero-order valence-electron chi connectivity index (χ0n) is 12.3. The van der Waals surface area contributed by atoms with Crippen LogP contribution in [0.2, 0.25) is 0 Å². The van der Waals surface area contributed by atoms with Crippen molar-refractivity contribution in [3.05, 3.63) is 24.3 Å². The highest BCUT2D eigenvalue weighted by atomic mass is 32.2. The van der Waals surface area contributed by atoms with Crippen LogP contribution in [0.5, 0.6) is 0 Å². The van der Waals surface area contributed by atoms with Crippen molar-refractivity contribution in [3.63, 3.8) is 0 Å². The second-order valence-electron chi connectivity index (χ2n) is 5.27. The first kappa shape index (κ1) is 15.2. The summed E-state index contributed by atoms with van der Waals surface area (Å²) in [6, 6.07) is 3.51. The number of hydrogen-bond acceptors (Lipinski definition) is 7. The normalized spacial score (nSPS) is 18.4. The Labute approximate surface area is 128 Å². The maximum Gasteiger partial charge on any atom is 0.283 e. The van der Waals surface area contributed by atoms with Gasteiger partial charge in [0.05, 0.1) is 19.1 Å². The minimum Gasteiger partial charge on any atom is -0.459 e. The van der Waals surface area contributed by atoms with E-state index in [-0.39, 0.29) is 0 Å². The SMILES string of the molecule is CS(=O)(=O)N1CCCN(Cc2nnc(-c3ccco3)o2)CC1. The molecule has 3 heterocycles. The molecule has 8 nitrogen and oxygen atoms in total. The molecule has 3 rings (SSSR count). The van der Waals surface area contributed by atoms with Crippen LogP contribution in [-0.4, -0.2) is 60.3 Å². The lowest BCUT2D eigenvalue weighted by molar-refractivity contribution is 0.250. The number of rotatable bonds is 4. The monoisotopic (exact) mass is 326 g/mol. The number of furan rings is 1. The Bertz CT molecular complexity index is 710. The molecular weight excluding hydrogens is 308 g/mol. The first-order valence-electron chi connectivity index (χ1n) is 7.06. The zero-order valence-corrected chi connectivity index (χ0v) is 13.1. The van der Waals surface area contributed by atoms with Gasteiger partial charge in [-0.25, -0.2) is 12.7 Å². The predicted molar refractivity (Wildman–Crippen MR) is 78.3 cm³/mol. The van der Waals surface area contributed by atoms with Crippen LogP contribution in [0.15, 0.2) is 27.2 Å². The standard InChI is InChI=1S/C13H18N4O4S/c1-22(18,19)17-6-3-5-16(7-8-17)10-12-14-15-13(21-12)11-4-2-9-20-11/h2,4,9H,3,5-8,10H2,1H3. The molecule has 120 valence electrons. The Balaban J connectivity index is 1.62. The van der Waals surface area contributed by atoms with E-state index in [1.165, 1.54) is 10.6 Å². The summed E-state index contributed by atoms with van der Waals surface area (Å²) in [6.45, 7) is 2.98. The van der Waals surface area contributed by atoms with Crippen LogP contribution < -0.4 is 0 Å². The summed E-state index contributed by atoms with van der Waals surface area (Å²) in [5.41, 5.74) is 0. The Kier molecular flexibility index (Phi) is 4.27. The summed E-state index contributed by atoms with van der Waals surface area (Å²) in [5, 5.41) is 7.97. The first-order valence-corrected chi connectivity index (χ1v) is 8.91. The summed E-state index contributed by atoms with van der Waals surface area (Å²) >= 11 is 0. The van der Waals surface area contributed by atoms with E-state index in [1.54, 1.807) is 18.4 Å². The Hall–Kier alpha value is -1.71. The van der Waals surface area contributed by atoms with Crippen LogP contribution in [0.1, 0.15) is 12.3 Å². The average Bonchev–Trinajstić information content (AvgIpc) is 3.06. The second kappa shape index (κ2) is 6.19. The quantitative estimate of drug-likeness (QED) is 0.820. The Morgan fingerprint density at radius 2 is 2.09 bits per heavy atom. The Morgan fingerprint density at radius 1 is 1.23 bits per heavy atom. The third-order valence-corrected chi connectivity index (χ3v) is 4.88. The zero-order chi connectivity index (χ0) is 15.6. The van der Waals surface area contributed by atoms with Gasteiger partial charge < -0.3 is 8.83 Å². The predicted octanol–water partition coefficient (Wildman–Crippen LogP) is 0.797. The van der Waals surface area contributed by atoms with Crippen LogP contribution in [0, 0.1) is 0 Å². The van der Waals surface area contributed by atoms with Crippen molar-refractivity contribution in [2.75, 3.05) is 32.4 Å². The molecule has 1 aliphatic heterocycles. The summed E-state index contributed by atoms with van der Waals surface area (Å²) in [5.74, 6) is 1.39. The molecule has 9 heteroatoms. The largest absolute Gasteiger partial charge is 0.459 e. The molecule has 0 radical (unpaired) electrons. The molecule has 2 aromatic heterocycles. The molecule has 0 unspecified atom stereocenters. The number of hydrogen-bond donors (Lipinski definition) is 0. The van der Waals surface area contributed by atoms with Gasteiger partial charge >= 0.3 is 0 Å². The molecule has 0 amide bonds. The molecule has 0 saturated carbocycles. The lowest BCUT2D eigenvalue weighted by Gasteiger charge is -2.18. The molecule has 22 heavy (non-hydrogen) atoms. The molecule has 1 aliphatic rings. The Morgan fingerprint density at radius 3 is 2.82 bits per heavy atom. The molecule has 0 aromatic carbocycles. The molecule has 0 aliphatic carbocycles. The molecule has 0 atom stereocenters. The minimum atomic E-state index is -3.13. The molecular formula is C13H18N4O4S. The lowest BCUT2D eigenvalue weighted by Crippen LogP contribution is -2.34. The van der Waals surface area contributed by atoms with Gasteiger partial charge in [0, 0.05) is 19.6 Å². The van der Waals surface area contributed by atoms with Crippen LogP contribution in [-0.2, 0) is 16.6 Å². The molecule has 0 N–H and O–H groups in total. The summed E-state index contributed by atoms with van der Waals surface area (Å²) in [4.78, 5) is 2.12. The first-order chi connectivity index (χ1) is 10.5. The van der Waals surface area contributed by atoms with Gasteiger partial charge in [-0.1, -0.05) is 0 Å². The minimum absolute atomic E-state index is 0.354. The van der Waals surface area contributed by atoms with Crippen molar-refractivity contribution in [1.29, 1.82) is 0 Å². The smallest absolute Gasteiger partial charge is 0.283 e. The van der Waals surface area contributed by atoms with Gasteiger partial charge in [-0.05, 0) is 25.1 Å². The topological polar surface area (TPSA) is 92.7 Å². The van der Waals surface area contributed by atoms with Gasteiger partial charge in [0.1, 0.15) is 0 Å². The lowest BCUT2D eigenvalue weighted by atomic mass is 10.4. The maximum atomic E-state index is 11.6. The highest BCUT2D eigenvalue weighted by Crippen LogP contribution is 2.19. The van der Waals surface area contributed by atoms with E-state index in [1.807, 2.05) is 0 Å². The van der Waals surface area contributed by atoms with E-state index in [0.717, 1.165) is 13.0 Å². The highest BCUT2D eigenvalue weighted by molar-refractivity contribution is 7.88. The summed E-state index contributed by atoms with van der Waals surface area (Å²) in [7, 11) is -3.13.